The first kappa shape index (κ1) is 12.5. The molecule has 0 fully saturated rings. The molecule has 2 aromatic heterocycles. The Bertz CT molecular complexity index is 564. The predicted octanol–water partition coefficient (Wildman–Crippen LogP) is 2.69. The van der Waals surface area contributed by atoms with E-state index >= 15 is 0 Å². The molecule has 2 aromatic rings. The molecular weight excluding hydrogens is 224 g/mol. The molecule has 0 aromatic carbocycles. The Hall–Kier alpha value is -1.97. The van der Waals surface area contributed by atoms with Crippen LogP contribution in [0, 0.1) is 13.8 Å². The van der Waals surface area contributed by atoms with E-state index in [1.807, 2.05) is 20.0 Å². The van der Waals surface area contributed by atoms with Crippen molar-refractivity contribution in [1.29, 1.82) is 0 Å². The van der Waals surface area contributed by atoms with Crippen molar-refractivity contribution in [3.63, 3.8) is 0 Å². The number of aryl methyl sites for hydroxylation is 3. The second kappa shape index (κ2) is 5.12. The highest BCUT2D eigenvalue weighted by atomic mass is 14.9. The molecule has 2 N–H and O–H groups in total. The van der Waals surface area contributed by atoms with Crippen molar-refractivity contribution in [2.75, 3.05) is 5.73 Å². The molecule has 4 nitrogen and oxygen atoms in total. The Labute approximate surface area is 107 Å². The summed E-state index contributed by atoms with van der Waals surface area (Å²) in [6, 6.07) is 2.08. The van der Waals surface area contributed by atoms with Crippen LogP contribution in [-0.2, 0) is 6.42 Å². The Morgan fingerprint density at radius 3 is 2.61 bits per heavy atom. The summed E-state index contributed by atoms with van der Waals surface area (Å²) < 4.78 is 0. The smallest absolute Gasteiger partial charge is 0.178 e. The van der Waals surface area contributed by atoms with E-state index in [4.69, 9.17) is 5.73 Å². The molecular formula is C14H18N4. The first-order valence-corrected chi connectivity index (χ1v) is 6.16. The molecule has 0 aliphatic heterocycles. The van der Waals surface area contributed by atoms with Gasteiger partial charge >= 0.3 is 0 Å². The number of nitrogens with zero attached hydrogens (tertiary/aromatic N) is 3. The van der Waals surface area contributed by atoms with Crippen molar-refractivity contribution >= 4 is 5.69 Å². The summed E-state index contributed by atoms with van der Waals surface area (Å²) in [5.74, 6) is 0.658. The molecule has 0 spiro atoms. The molecule has 0 radical (unpaired) electrons. The lowest BCUT2D eigenvalue weighted by atomic mass is 10.1. The van der Waals surface area contributed by atoms with E-state index in [9.17, 15) is 0 Å². The van der Waals surface area contributed by atoms with E-state index in [2.05, 4.69) is 27.9 Å². The lowest BCUT2D eigenvalue weighted by Crippen LogP contribution is -2.03. The van der Waals surface area contributed by atoms with Gasteiger partial charge in [0.15, 0.2) is 5.82 Å². The highest BCUT2D eigenvalue weighted by Crippen LogP contribution is 2.20. The maximum Gasteiger partial charge on any atom is 0.178 e. The van der Waals surface area contributed by atoms with Crippen molar-refractivity contribution in [1.82, 2.24) is 15.0 Å². The van der Waals surface area contributed by atoms with Crippen LogP contribution in [0.25, 0.3) is 11.5 Å². The van der Waals surface area contributed by atoms with Crippen molar-refractivity contribution < 1.29 is 0 Å². The van der Waals surface area contributed by atoms with E-state index in [1.165, 1.54) is 0 Å². The lowest BCUT2D eigenvalue weighted by Gasteiger charge is -2.08. The lowest BCUT2D eigenvalue weighted by molar-refractivity contribution is 0.877. The number of anilines is 1. The van der Waals surface area contributed by atoms with Gasteiger partial charge in [-0.2, -0.15) is 0 Å². The fourth-order valence-electron chi connectivity index (χ4n) is 1.93. The number of hydrogen-bond donors (Lipinski definition) is 1. The number of hydrogen-bond acceptors (Lipinski definition) is 4. The summed E-state index contributed by atoms with van der Waals surface area (Å²) in [6.45, 7) is 6.15. The van der Waals surface area contributed by atoms with Crippen LogP contribution in [0.1, 0.15) is 30.2 Å². The minimum Gasteiger partial charge on any atom is -0.396 e. The number of aromatic nitrogens is 3. The zero-order valence-corrected chi connectivity index (χ0v) is 11.1. The second-order valence-electron chi connectivity index (χ2n) is 4.52. The van der Waals surface area contributed by atoms with E-state index in [0.29, 0.717) is 11.5 Å². The van der Waals surface area contributed by atoms with Gasteiger partial charge in [0.25, 0.3) is 0 Å². The Kier molecular flexibility index (Phi) is 3.55. The van der Waals surface area contributed by atoms with Gasteiger partial charge < -0.3 is 5.73 Å². The van der Waals surface area contributed by atoms with Crippen LogP contribution in [0.4, 0.5) is 5.69 Å². The van der Waals surface area contributed by atoms with Gasteiger partial charge in [0, 0.05) is 6.20 Å². The van der Waals surface area contributed by atoms with Crippen LogP contribution in [0.15, 0.2) is 18.5 Å². The quantitative estimate of drug-likeness (QED) is 0.898. The molecule has 0 aliphatic rings. The van der Waals surface area contributed by atoms with Crippen LogP contribution < -0.4 is 5.73 Å². The number of nitrogen functional groups attached to an aromatic ring is 1. The maximum absolute atomic E-state index is 5.87. The molecule has 2 heterocycles. The summed E-state index contributed by atoms with van der Waals surface area (Å²) >= 11 is 0. The highest BCUT2D eigenvalue weighted by Gasteiger charge is 2.09. The Morgan fingerprint density at radius 1 is 1.17 bits per heavy atom. The fourth-order valence-corrected chi connectivity index (χ4v) is 1.93. The Balaban J connectivity index is 2.47. The second-order valence-corrected chi connectivity index (χ2v) is 4.52. The maximum atomic E-state index is 5.87. The summed E-state index contributed by atoms with van der Waals surface area (Å²) in [5.41, 5.74) is 10.5. The molecule has 94 valence electrons. The first-order chi connectivity index (χ1) is 8.61. The molecule has 0 aliphatic carbocycles. The summed E-state index contributed by atoms with van der Waals surface area (Å²) in [6.07, 6.45) is 5.39. The standard InChI is InChI=1S/C14H18N4/c1-4-5-12-11(15)8-17-14(18-12)13-10(3)6-9(2)7-16-13/h6-8H,4-5,15H2,1-3H3. The number of rotatable bonds is 3. The summed E-state index contributed by atoms with van der Waals surface area (Å²) in [4.78, 5) is 13.2. The SMILES string of the molecule is CCCc1nc(-c2ncc(C)cc2C)ncc1N. The van der Waals surface area contributed by atoms with E-state index < -0.39 is 0 Å². The third kappa shape index (κ3) is 2.47. The van der Waals surface area contributed by atoms with Gasteiger partial charge in [0.1, 0.15) is 5.69 Å². The van der Waals surface area contributed by atoms with Crippen LogP contribution in [0.3, 0.4) is 0 Å². The molecule has 0 unspecified atom stereocenters. The summed E-state index contributed by atoms with van der Waals surface area (Å²) in [7, 11) is 0. The van der Waals surface area contributed by atoms with Gasteiger partial charge in [-0.1, -0.05) is 19.4 Å². The van der Waals surface area contributed by atoms with Gasteiger partial charge in [-0.3, -0.25) is 4.98 Å². The molecule has 0 saturated carbocycles. The van der Waals surface area contributed by atoms with Crippen LogP contribution in [0.5, 0.6) is 0 Å². The van der Waals surface area contributed by atoms with Gasteiger partial charge in [-0.25, -0.2) is 9.97 Å². The first-order valence-electron chi connectivity index (χ1n) is 6.16. The van der Waals surface area contributed by atoms with E-state index in [-0.39, 0.29) is 0 Å². The minimum atomic E-state index is 0.658. The van der Waals surface area contributed by atoms with Gasteiger partial charge in [0.05, 0.1) is 17.6 Å². The largest absolute Gasteiger partial charge is 0.396 e. The fraction of sp³-hybridized carbons (Fsp3) is 0.357. The Morgan fingerprint density at radius 2 is 1.94 bits per heavy atom. The third-order valence-electron chi connectivity index (χ3n) is 2.81. The minimum absolute atomic E-state index is 0.658. The van der Waals surface area contributed by atoms with E-state index in [0.717, 1.165) is 35.4 Å². The van der Waals surface area contributed by atoms with Crippen LogP contribution >= 0.6 is 0 Å². The van der Waals surface area contributed by atoms with Crippen LogP contribution in [0.2, 0.25) is 0 Å². The van der Waals surface area contributed by atoms with Crippen molar-refractivity contribution in [2.24, 2.45) is 0 Å². The summed E-state index contributed by atoms with van der Waals surface area (Å²) in [5, 5.41) is 0. The average Bonchev–Trinajstić information content (AvgIpc) is 2.33. The zero-order valence-electron chi connectivity index (χ0n) is 11.1. The van der Waals surface area contributed by atoms with E-state index in [1.54, 1.807) is 6.20 Å². The third-order valence-corrected chi connectivity index (χ3v) is 2.81. The molecule has 0 amide bonds. The topological polar surface area (TPSA) is 64.7 Å². The molecule has 2 rings (SSSR count). The van der Waals surface area contributed by atoms with Crippen molar-refractivity contribution in [3.8, 4) is 11.5 Å². The van der Waals surface area contributed by atoms with Crippen molar-refractivity contribution in [2.45, 2.75) is 33.6 Å². The highest BCUT2D eigenvalue weighted by molar-refractivity contribution is 5.57. The van der Waals surface area contributed by atoms with Crippen LogP contribution in [-0.4, -0.2) is 15.0 Å². The molecule has 0 atom stereocenters. The predicted molar refractivity (Wildman–Crippen MR) is 73.1 cm³/mol. The van der Waals surface area contributed by atoms with Gasteiger partial charge in [0.2, 0.25) is 0 Å². The van der Waals surface area contributed by atoms with Crippen molar-refractivity contribution in [3.05, 3.63) is 35.3 Å². The number of nitrogens with two attached hydrogens (primary N) is 1. The molecule has 18 heavy (non-hydrogen) atoms. The number of pyridine rings is 1. The molecule has 0 bridgehead atoms. The molecule has 0 saturated heterocycles. The van der Waals surface area contributed by atoms with Gasteiger partial charge in [-0.05, 0) is 31.4 Å². The monoisotopic (exact) mass is 242 g/mol. The zero-order chi connectivity index (χ0) is 13.1. The average molecular weight is 242 g/mol. The molecule has 4 heteroatoms. The van der Waals surface area contributed by atoms with Gasteiger partial charge in [-0.15, -0.1) is 0 Å². The normalized spacial score (nSPS) is 10.6.